The van der Waals surface area contributed by atoms with Crippen LogP contribution in [-0.2, 0) is 11.3 Å². The van der Waals surface area contributed by atoms with Crippen molar-refractivity contribution in [1.29, 1.82) is 0 Å². The molecular formula is C26H21ClF3NO3. The number of hydrogen-bond donors (Lipinski definition) is 0. The SMILES string of the molecule is CCOC(=O)c1cc(C2=C(c3cc(Cl)cnc3OCc3cc(F)ccc3F)CCC2)ccc1F. The van der Waals surface area contributed by atoms with Gasteiger partial charge in [0.05, 0.1) is 17.2 Å². The number of nitrogens with zero attached hydrogens (tertiary/aromatic N) is 1. The molecule has 0 radical (unpaired) electrons. The van der Waals surface area contributed by atoms with Gasteiger partial charge in [0, 0.05) is 17.3 Å². The van der Waals surface area contributed by atoms with E-state index in [0.29, 0.717) is 29.0 Å². The third-order valence-corrected chi connectivity index (χ3v) is 5.75. The fourth-order valence-corrected chi connectivity index (χ4v) is 4.15. The van der Waals surface area contributed by atoms with Gasteiger partial charge in [-0.2, -0.15) is 0 Å². The summed E-state index contributed by atoms with van der Waals surface area (Å²) >= 11 is 6.21. The molecule has 3 aromatic rings. The third-order valence-electron chi connectivity index (χ3n) is 5.54. The Labute approximate surface area is 200 Å². The van der Waals surface area contributed by atoms with Gasteiger partial charge in [-0.25, -0.2) is 22.9 Å². The maximum atomic E-state index is 14.3. The van der Waals surface area contributed by atoms with E-state index in [4.69, 9.17) is 21.1 Å². The van der Waals surface area contributed by atoms with Gasteiger partial charge >= 0.3 is 5.97 Å². The molecule has 4 rings (SSSR count). The van der Waals surface area contributed by atoms with Crippen LogP contribution < -0.4 is 4.74 Å². The van der Waals surface area contributed by atoms with Gasteiger partial charge in [-0.05, 0) is 79.3 Å². The van der Waals surface area contributed by atoms with Crippen LogP contribution in [0.4, 0.5) is 13.2 Å². The molecule has 4 nitrogen and oxygen atoms in total. The average molecular weight is 488 g/mol. The first-order valence-corrected chi connectivity index (χ1v) is 11.2. The predicted molar refractivity (Wildman–Crippen MR) is 123 cm³/mol. The van der Waals surface area contributed by atoms with E-state index in [1.54, 1.807) is 19.1 Å². The topological polar surface area (TPSA) is 48.4 Å². The molecule has 1 aliphatic carbocycles. The zero-order valence-electron chi connectivity index (χ0n) is 18.3. The van der Waals surface area contributed by atoms with Crippen molar-refractivity contribution < 1.29 is 27.4 Å². The van der Waals surface area contributed by atoms with Crippen molar-refractivity contribution in [3.63, 3.8) is 0 Å². The summed E-state index contributed by atoms with van der Waals surface area (Å²) < 4.78 is 52.6. The molecule has 0 spiro atoms. The van der Waals surface area contributed by atoms with E-state index in [1.807, 2.05) is 0 Å². The molecule has 0 N–H and O–H groups in total. The molecular weight excluding hydrogens is 467 g/mol. The third kappa shape index (κ3) is 5.09. The first-order valence-electron chi connectivity index (χ1n) is 10.8. The quantitative estimate of drug-likeness (QED) is 0.336. The number of esters is 1. The minimum Gasteiger partial charge on any atom is -0.472 e. The normalized spacial score (nSPS) is 13.3. The van der Waals surface area contributed by atoms with Crippen molar-refractivity contribution in [2.45, 2.75) is 32.8 Å². The Hall–Kier alpha value is -3.32. The number of benzene rings is 2. The summed E-state index contributed by atoms with van der Waals surface area (Å²) in [6, 6.07) is 9.17. The summed E-state index contributed by atoms with van der Waals surface area (Å²) in [5.74, 6) is -2.33. The highest BCUT2D eigenvalue weighted by Gasteiger charge is 2.24. The lowest BCUT2D eigenvalue weighted by Crippen LogP contribution is -2.08. The molecule has 1 aliphatic rings. The van der Waals surface area contributed by atoms with E-state index in [0.717, 1.165) is 35.8 Å². The Kier molecular flexibility index (Phi) is 7.22. The average Bonchev–Trinajstić information content (AvgIpc) is 3.30. The summed E-state index contributed by atoms with van der Waals surface area (Å²) in [5, 5.41) is 0.379. The van der Waals surface area contributed by atoms with Crippen LogP contribution in [0, 0.1) is 17.5 Å². The summed E-state index contributed by atoms with van der Waals surface area (Å²) in [6.07, 6.45) is 3.59. The molecule has 8 heteroatoms. The van der Waals surface area contributed by atoms with E-state index in [2.05, 4.69) is 4.98 Å². The molecule has 34 heavy (non-hydrogen) atoms. The molecule has 176 valence electrons. The number of pyridine rings is 1. The zero-order valence-corrected chi connectivity index (χ0v) is 19.1. The Bertz CT molecular complexity index is 1280. The number of rotatable bonds is 7. The van der Waals surface area contributed by atoms with Gasteiger partial charge in [0.25, 0.3) is 0 Å². The van der Waals surface area contributed by atoms with Gasteiger partial charge in [0.2, 0.25) is 5.88 Å². The van der Waals surface area contributed by atoms with Gasteiger partial charge in [-0.3, -0.25) is 0 Å². The summed E-state index contributed by atoms with van der Waals surface area (Å²) in [7, 11) is 0. The van der Waals surface area contributed by atoms with Crippen molar-refractivity contribution in [2.75, 3.05) is 6.61 Å². The second kappa shape index (κ2) is 10.3. The summed E-state index contributed by atoms with van der Waals surface area (Å²) in [6.45, 7) is 1.56. The number of hydrogen-bond acceptors (Lipinski definition) is 4. The lowest BCUT2D eigenvalue weighted by Gasteiger charge is -2.15. The van der Waals surface area contributed by atoms with Crippen LogP contribution in [0.25, 0.3) is 11.1 Å². The highest BCUT2D eigenvalue weighted by Crippen LogP contribution is 2.43. The van der Waals surface area contributed by atoms with Crippen LogP contribution >= 0.6 is 11.6 Å². The molecule has 0 amide bonds. The van der Waals surface area contributed by atoms with Crippen LogP contribution in [0.1, 0.15) is 53.2 Å². The molecule has 1 aromatic heterocycles. The highest BCUT2D eigenvalue weighted by molar-refractivity contribution is 6.30. The Morgan fingerprint density at radius 1 is 1.03 bits per heavy atom. The van der Waals surface area contributed by atoms with Gasteiger partial charge in [0.1, 0.15) is 24.1 Å². The zero-order chi connectivity index (χ0) is 24.2. The molecule has 0 unspecified atom stereocenters. The number of aromatic nitrogens is 1. The lowest BCUT2D eigenvalue weighted by molar-refractivity contribution is 0.0521. The van der Waals surface area contributed by atoms with E-state index in [9.17, 15) is 18.0 Å². The van der Waals surface area contributed by atoms with Crippen molar-refractivity contribution in [3.05, 3.63) is 93.4 Å². The Morgan fingerprint density at radius 2 is 1.79 bits per heavy atom. The molecule has 0 saturated carbocycles. The number of carbonyl (C=O) groups excluding carboxylic acids is 1. The van der Waals surface area contributed by atoms with Crippen LogP contribution in [0.2, 0.25) is 5.02 Å². The maximum absolute atomic E-state index is 14.3. The van der Waals surface area contributed by atoms with Crippen molar-refractivity contribution in [3.8, 4) is 5.88 Å². The fourth-order valence-electron chi connectivity index (χ4n) is 4.00. The largest absolute Gasteiger partial charge is 0.472 e. The second-order valence-electron chi connectivity index (χ2n) is 7.76. The van der Waals surface area contributed by atoms with E-state index in [1.165, 1.54) is 18.3 Å². The molecule has 2 aromatic carbocycles. The van der Waals surface area contributed by atoms with Gasteiger partial charge in [-0.15, -0.1) is 0 Å². The molecule has 0 saturated heterocycles. The van der Waals surface area contributed by atoms with Gasteiger partial charge < -0.3 is 9.47 Å². The first-order chi connectivity index (χ1) is 16.4. The smallest absolute Gasteiger partial charge is 0.341 e. The van der Waals surface area contributed by atoms with Crippen LogP contribution in [0.5, 0.6) is 5.88 Å². The van der Waals surface area contributed by atoms with Crippen LogP contribution in [0.3, 0.4) is 0 Å². The van der Waals surface area contributed by atoms with E-state index >= 15 is 0 Å². The Morgan fingerprint density at radius 3 is 2.59 bits per heavy atom. The van der Waals surface area contributed by atoms with Crippen LogP contribution in [0.15, 0.2) is 48.7 Å². The molecule has 1 heterocycles. The van der Waals surface area contributed by atoms with Gasteiger partial charge in [0.15, 0.2) is 0 Å². The Balaban J connectivity index is 1.72. The lowest BCUT2D eigenvalue weighted by atomic mass is 9.96. The number of halogens is 4. The number of carbonyl (C=O) groups is 1. The van der Waals surface area contributed by atoms with Gasteiger partial charge in [-0.1, -0.05) is 17.7 Å². The monoisotopic (exact) mass is 487 g/mol. The molecule has 0 bridgehead atoms. The van der Waals surface area contributed by atoms with Crippen molar-refractivity contribution in [1.82, 2.24) is 4.98 Å². The number of allylic oxidation sites excluding steroid dienone is 2. The summed E-state index contributed by atoms with van der Waals surface area (Å²) in [4.78, 5) is 16.4. The fraction of sp³-hybridized carbons (Fsp3) is 0.231. The molecule has 0 fully saturated rings. The minimum absolute atomic E-state index is 0.0564. The standard InChI is InChI=1S/C26H21ClF3NO3/c1-2-33-26(32)22-11-15(6-8-24(22)30)19-4-3-5-20(19)21-12-17(27)13-31-25(21)34-14-16-10-18(28)7-9-23(16)29/h6-13H,2-5,14H2,1H3. The van der Waals surface area contributed by atoms with Crippen molar-refractivity contribution in [2.24, 2.45) is 0 Å². The van der Waals surface area contributed by atoms with Crippen LogP contribution in [-0.4, -0.2) is 17.6 Å². The highest BCUT2D eigenvalue weighted by atomic mass is 35.5. The molecule has 0 atom stereocenters. The van der Waals surface area contributed by atoms with E-state index < -0.39 is 23.4 Å². The maximum Gasteiger partial charge on any atom is 0.341 e. The van der Waals surface area contributed by atoms with Crippen molar-refractivity contribution >= 4 is 28.7 Å². The predicted octanol–water partition coefficient (Wildman–Crippen LogP) is 7.00. The second-order valence-corrected chi connectivity index (χ2v) is 8.19. The first kappa shape index (κ1) is 23.8. The summed E-state index contributed by atoms with van der Waals surface area (Å²) in [5.41, 5.74) is 2.99. The molecule has 0 aliphatic heterocycles. The minimum atomic E-state index is -0.729. The number of ether oxygens (including phenoxy) is 2. The van der Waals surface area contributed by atoms with E-state index in [-0.39, 0.29) is 30.2 Å².